The van der Waals surface area contributed by atoms with Gasteiger partial charge in [0, 0.05) is 11.8 Å². The van der Waals surface area contributed by atoms with E-state index in [1.807, 2.05) is 19.9 Å². The fourth-order valence-corrected chi connectivity index (χ4v) is 2.57. The zero-order chi connectivity index (χ0) is 18.3. The number of halogens is 1. The van der Waals surface area contributed by atoms with Crippen LogP contribution in [0.4, 0.5) is 4.39 Å². The molecule has 3 aromatic heterocycles. The predicted octanol–water partition coefficient (Wildman–Crippen LogP) is 2.41. The fourth-order valence-electron chi connectivity index (χ4n) is 2.57. The van der Waals surface area contributed by atoms with Crippen molar-refractivity contribution in [1.29, 1.82) is 0 Å². The van der Waals surface area contributed by atoms with Crippen LogP contribution in [-0.4, -0.2) is 41.8 Å². The van der Waals surface area contributed by atoms with Gasteiger partial charge in [0.25, 0.3) is 5.89 Å². The number of aromatic nitrogens is 6. The Bertz CT molecular complexity index is 1090. The Labute approximate surface area is 147 Å². The Kier molecular flexibility index (Phi) is 3.73. The predicted molar refractivity (Wildman–Crippen MR) is 90.4 cm³/mol. The number of aliphatic hydroxyl groups excluding tert-OH is 1. The van der Waals surface area contributed by atoms with Gasteiger partial charge in [0.2, 0.25) is 11.8 Å². The number of hydrogen-bond acceptors (Lipinski definition) is 7. The number of pyridine rings is 1. The van der Waals surface area contributed by atoms with Crippen molar-refractivity contribution in [1.82, 2.24) is 30.1 Å². The Balaban J connectivity index is 1.73. The number of benzene rings is 1. The van der Waals surface area contributed by atoms with Gasteiger partial charge in [-0.3, -0.25) is 0 Å². The zero-order valence-electron chi connectivity index (χ0n) is 14.1. The van der Waals surface area contributed by atoms with Gasteiger partial charge in [-0.1, -0.05) is 10.4 Å². The summed E-state index contributed by atoms with van der Waals surface area (Å²) in [6, 6.07) is 8.49. The van der Waals surface area contributed by atoms with Crippen molar-refractivity contribution in [2.45, 2.75) is 19.4 Å². The number of fused-ring (bicyclic) bond motifs is 1. The molecule has 4 aromatic rings. The maximum atomic E-state index is 13.8. The normalized spacial score (nSPS) is 12.0. The summed E-state index contributed by atoms with van der Waals surface area (Å²) in [5.41, 5.74) is 1.62. The van der Waals surface area contributed by atoms with Crippen LogP contribution in [0.1, 0.15) is 13.8 Å². The van der Waals surface area contributed by atoms with Crippen molar-refractivity contribution >= 4 is 11.0 Å². The molecule has 26 heavy (non-hydrogen) atoms. The fraction of sp³-hybridized carbons (Fsp3) is 0.235. The number of nitrogens with zero attached hydrogens (tertiary/aromatic N) is 6. The van der Waals surface area contributed by atoms with Crippen LogP contribution in [0.25, 0.3) is 33.9 Å². The molecule has 9 heteroatoms. The molecule has 0 bridgehead atoms. The maximum absolute atomic E-state index is 13.8. The maximum Gasteiger partial charge on any atom is 0.262 e. The van der Waals surface area contributed by atoms with Crippen LogP contribution in [0.15, 0.2) is 41.1 Å². The molecule has 1 N–H and O–H groups in total. The minimum absolute atomic E-state index is 0.0516. The minimum Gasteiger partial charge on any atom is -0.394 e. The third kappa shape index (κ3) is 2.62. The van der Waals surface area contributed by atoms with E-state index in [0.717, 1.165) is 5.52 Å². The van der Waals surface area contributed by atoms with E-state index in [2.05, 4.69) is 25.4 Å². The first-order chi connectivity index (χ1) is 12.5. The van der Waals surface area contributed by atoms with Crippen LogP contribution in [0.5, 0.6) is 0 Å². The molecule has 0 aliphatic carbocycles. The van der Waals surface area contributed by atoms with Crippen molar-refractivity contribution in [3.05, 3.63) is 42.5 Å². The van der Waals surface area contributed by atoms with Crippen molar-refractivity contribution in [2.24, 2.45) is 0 Å². The quantitative estimate of drug-likeness (QED) is 0.561. The third-order valence-corrected chi connectivity index (χ3v) is 4.08. The van der Waals surface area contributed by atoms with Gasteiger partial charge in [-0.25, -0.2) is 9.67 Å². The summed E-state index contributed by atoms with van der Waals surface area (Å²) in [5.74, 6) is -0.316. The standard InChI is InChI=1S/C17H15FN6O2/c1-17(2,9-25)24-13-6-5-10(8-12(13)21-23-24)15-20-16(26-22-15)11-4-3-7-19-14(11)18/h3-8,25H,9H2,1-2H3. The lowest BCUT2D eigenvalue weighted by Gasteiger charge is -2.22. The van der Waals surface area contributed by atoms with Crippen molar-refractivity contribution in [3.8, 4) is 22.8 Å². The highest BCUT2D eigenvalue weighted by atomic mass is 19.1. The van der Waals surface area contributed by atoms with E-state index < -0.39 is 11.5 Å². The second-order valence-electron chi connectivity index (χ2n) is 6.44. The summed E-state index contributed by atoms with van der Waals surface area (Å²) in [6.45, 7) is 3.66. The highest BCUT2D eigenvalue weighted by Gasteiger charge is 2.23. The molecule has 4 rings (SSSR count). The van der Waals surface area contributed by atoms with Crippen LogP contribution >= 0.6 is 0 Å². The summed E-state index contributed by atoms with van der Waals surface area (Å²) in [5, 5.41) is 21.7. The first-order valence-corrected chi connectivity index (χ1v) is 7.91. The van der Waals surface area contributed by atoms with Crippen LogP contribution in [0, 0.1) is 5.95 Å². The lowest BCUT2D eigenvalue weighted by Crippen LogP contribution is -2.31. The summed E-state index contributed by atoms with van der Waals surface area (Å²) in [7, 11) is 0. The highest BCUT2D eigenvalue weighted by Crippen LogP contribution is 2.27. The van der Waals surface area contributed by atoms with E-state index in [9.17, 15) is 9.50 Å². The Morgan fingerprint density at radius 3 is 2.88 bits per heavy atom. The van der Waals surface area contributed by atoms with E-state index in [4.69, 9.17) is 4.52 Å². The smallest absolute Gasteiger partial charge is 0.262 e. The van der Waals surface area contributed by atoms with Crippen molar-refractivity contribution in [3.63, 3.8) is 0 Å². The van der Waals surface area contributed by atoms with Crippen LogP contribution in [-0.2, 0) is 5.54 Å². The first kappa shape index (κ1) is 16.3. The van der Waals surface area contributed by atoms with Gasteiger partial charge >= 0.3 is 0 Å². The van der Waals surface area contributed by atoms with Gasteiger partial charge in [-0.05, 0) is 44.2 Å². The first-order valence-electron chi connectivity index (χ1n) is 7.91. The van der Waals surface area contributed by atoms with E-state index in [1.54, 1.807) is 22.9 Å². The summed E-state index contributed by atoms with van der Waals surface area (Å²) in [6.07, 6.45) is 1.35. The Morgan fingerprint density at radius 1 is 1.27 bits per heavy atom. The number of hydrogen-bond donors (Lipinski definition) is 1. The van der Waals surface area contributed by atoms with Gasteiger partial charge in [0.1, 0.15) is 5.52 Å². The average molecular weight is 354 g/mol. The minimum atomic E-state index is -0.674. The van der Waals surface area contributed by atoms with Crippen LogP contribution < -0.4 is 0 Å². The molecule has 0 saturated heterocycles. The lowest BCUT2D eigenvalue weighted by atomic mass is 10.1. The van der Waals surface area contributed by atoms with Gasteiger partial charge < -0.3 is 9.63 Å². The van der Waals surface area contributed by atoms with E-state index in [-0.39, 0.29) is 18.1 Å². The van der Waals surface area contributed by atoms with E-state index >= 15 is 0 Å². The van der Waals surface area contributed by atoms with E-state index in [1.165, 1.54) is 12.3 Å². The molecule has 132 valence electrons. The Morgan fingerprint density at radius 2 is 2.12 bits per heavy atom. The molecule has 0 unspecified atom stereocenters. The molecule has 0 aliphatic rings. The second-order valence-corrected chi connectivity index (χ2v) is 6.44. The molecule has 0 atom stereocenters. The number of aliphatic hydroxyl groups is 1. The average Bonchev–Trinajstić information content (AvgIpc) is 3.29. The summed E-state index contributed by atoms with van der Waals surface area (Å²) < 4.78 is 20.6. The van der Waals surface area contributed by atoms with Crippen LogP contribution in [0.3, 0.4) is 0 Å². The molecule has 0 radical (unpaired) electrons. The molecule has 0 amide bonds. The second kappa shape index (κ2) is 5.95. The molecular formula is C17H15FN6O2. The van der Waals surface area contributed by atoms with Crippen molar-refractivity contribution in [2.75, 3.05) is 6.61 Å². The SMILES string of the molecule is CC(C)(CO)n1nnc2cc(-c3noc(-c4cccnc4F)n3)ccc21. The molecule has 0 saturated carbocycles. The monoisotopic (exact) mass is 354 g/mol. The van der Waals surface area contributed by atoms with Crippen LogP contribution in [0.2, 0.25) is 0 Å². The molecule has 0 aliphatic heterocycles. The number of rotatable bonds is 4. The topological polar surface area (TPSA) is 103 Å². The zero-order valence-corrected chi connectivity index (χ0v) is 14.1. The summed E-state index contributed by atoms with van der Waals surface area (Å²) in [4.78, 5) is 7.81. The Hall–Kier alpha value is -3.20. The van der Waals surface area contributed by atoms with Gasteiger partial charge in [-0.2, -0.15) is 9.37 Å². The largest absolute Gasteiger partial charge is 0.394 e. The molecule has 1 aromatic carbocycles. The van der Waals surface area contributed by atoms with Gasteiger partial charge in [0.05, 0.1) is 23.2 Å². The molecule has 3 heterocycles. The molecule has 0 fully saturated rings. The summed E-state index contributed by atoms with van der Waals surface area (Å²) >= 11 is 0. The van der Waals surface area contributed by atoms with Gasteiger partial charge in [-0.15, -0.1) is 5.10 Å². The molecule has 0 spiro atoms. The van der Waals surface area contributed by atoms with Gasteiger partial charge in [0.15, 0.2) is 0 Å². The third-order valence-electron chi connectivity index (χ3n) is 4.08. The molecule has 8 nitrogen and oxygen atoms in total. The molecular weight excluding hydrogens is 339 g/mol. The highest BCUT2D eigenvalue weighted by molar-refractivity contribution is 5.80. The lowest BCUT2D eigenvalue weighted by molar-refractivity contribution is 0.154. The van der Waals surface area contributed by atoms with Crippen molar-refractivity contribution < 1.29 is 14.0 Å². The van der Waals surface area contributed by atoms with E-state index in [0.29, 0.717) is 16.9 Å².